The Labute approximate surface area is 98.8 Å². The Hall–Kier alpha value is -0.590. The summed E-state index contributed by atoms with van der Waals surface area (Å²) in [4.78, 5) is 4.09. The van der Waals surface area contributed by atoms with E-state index in [-0.39, 0.29) is 4.90 Å². The lowest BCUT2D eigenvalue weighted by Crippen LogP contribution is -1.89. The Bertz CT molecular complexity index is 607. The van der Waals surface area contributed by atoms with Crippen molar-refractivity contribution in [2.45, 2.75) is 10.2 Å². The predicted molar refractivity (Wildman–Crippen MR) is 59.7 cm³/mol. The molecular weight excluding hydrogens is 306 g/mol. The number of benzene rings is 1. The molecule has 0 N–H and O–H groups in total. The molecule has 0 spiro atoms. The van der Waals surface area contributed by atoms with E-state index in [4.69, 9.17) is 15.1 Å². The van der Waals surface area contributed by atoms with Crippen LogP contribution in [0.1, 0.15) is 5.89 Å². The van der Waals surface area contributed by atoms with Crippen molar-refractivity contribution in [1.29, 1.82) is 0 Å². The number of aromatic nitrogens is 1. The fraction of sp³-hybridized carbons (Fsp3) is 0.125. The molecule has 0 bridgehead atoms. The number of rotatable bonds is 2. The van der Waals surface area contributed by atoms with Gasteiger partial charge in [0, 0.05) is 10.7 Å². The first kappa shape index (κ1) is 10.9. The predicted octanol–water partition coefficient (Wildman–Crippen LogP) is 2.65. The van der Waals surface area contributed by atoms with E-state index in [1.54, 1.807) is 0 Å². The van der Waals surface area contributed by atoms with Gasteiger partial charge in [-0.3, -0.25) is 0 Å². The van der Waals surface area contributed by atoms with Crippen LogP contribution in [0.2, 0.25) is 0 Å². The summed E-state index contributed by atoms with van der Waals surface area (Å²) in [7, 11) is 1.49. The van der Waals surface area contributed by atoms with Gasteiger partial charge in [-0.25, -0.2) is 13.4 Å². The number of hydrogen-bond acceptors (Lipinski definition) is 4. The van der Waals surface area contributed by atoms with Gasteiger partial charge in [0.15, 0.2) is 5.58 Å². The van der Waals surface area contributed by atoms with Gasteiger partial charge in [0.2, 0.25) is 5.89 Å². The summed E-state index contributed by atoms with van der Waals surface area (Å²) >= 11 is 3.19. The van der Waals surface area contributed by atoms with Gasteiger partial charge in [-0.05, 0) is 18.2 Å². The maximum absolute atomic E-state index is 11.1. The first-order valence-electron chi connectivity index (χ1n) is 3.91. The average molecular weight is 311 g/mol. The van der Waals surface area contributed by atoms with Crippen molar-refractivity contribution in [3.63, 3.8) is 0 Å². The van der Waals surface area contributed by atoms with Crippen molar-refractivity contribution in [2.24, 2.45) is 0 Å². The van der Waals surface area contributed by atoms with E-state index in [2.05, 4.69) is 20.9 Å². The van der Waals surface area contributed by atoms with Gasteiger partial charge in [-0.2, -0.15) is 0 Å². The quantitative estimate of drug-likeness (QED) is 0.632. The third-order valence-corrected chi connectivity index (χ3v) is 3.63. The van der Waals surface area contributed by atoms with Crippen LogP contribution in [0, 0.1) is 0 Å². The van der Waals surface area contributed by atoms with Crippen LogP contribution in [-0.4, -0.2) is 13.4 Å². The topological polar surface area (TPSA) is 60.2 Å². The van der Waals surface area contributed by atoms with Crippen LogP contribution in [0.5, 0.6) is 0 Å². The minimum atomic E-state index is -3.71. The molecule has 1 aromatic carbocycles. The van der Waals surface area contributed by atoms with Crippen LogP contribution >= 0.6 is 26.6 Å². The zero-order valence-corrected chi connectivity index (χ0v) is 10.4. The molecule has 0 aliphatic rings. The lowest BCUT2D eigenvalue weighted by Gasteiger charge is -1.93. The highest BCUT2D eigenvalue weighted by Gasteiger charge is 2.12. The second-order valence-electron chi connectivity index (χ2n) is 2.81. The van der Waals surface area contributed by atoms with Crippen LogP contribution in [0.4, 0.5) is 0 Å². The van der Waals surface area contributed by atoms with Gasteiger partial charge in [-0.15, -0.1) is 0 Å². The third-order valence-electron chi connectivity index (χ3n) is 1.80. The highest BCUT2D eigenvalue weighted by molar-refractivity contribution is 9.08. The minimum absolute atomic E-state index is 0.0195. The summed E-state index contributed by atoms with van der Waals surface area (Å²) in [5.74, 6) is 0.495. The van der Waals surface area contributed by atoms with Crippen molar-refractivity contribution in [2.75, 3.05) is 0 Å². The molecular formula is C8H5BrClNO3S. The maximum atomic E-state index is 11.1. The monoisotopic (exact) mass is 309 g/mol. The van der Waals surface area contributed by atoms with Crippen molar-refractivity contribution in [1.82, 2.24) is 4.98 Å². The van der Waals surface area contributed by atoms with Crippen LogP contribution < -0.4 is 0 Å². The second kappa shape index (κ2) is 3.77. The molecule has 0 fully saturated rings. The minimum Gasteiger partial charge on any atom is -0.440 e. The van der Waals surface area contributed by atoms with Gasteiger partial charge >= 0.3 is 0 Å². The lowest BCUT2D eigenvalue weighted by molar-refractivity contribution is 0.557. The van der Waals surface area contributed by atoms with E-state index in [1.165, 1.54) is 18.2 Å². The summed E-state index contributed by atoms with van der Waals surface area (Å²) in [6.07, 6.45) is 0. The van der Waals surface area contributed by atoms with E-state index < -0.39 is 9.05 Å². The van der Waals surface area contributed by atoms with E-state index >= 15 is 0 Å². The largest absolute Gasteiger partial charge is 0.440 e. The fourth-order valence-electron chi connectivity index (χ4n) is 1.16. The Morgan fingerprint density at radius 2 is 2.20 bits per heavy atom. The molecule has 0 radical (unpaired) electrons. The summed E-state index contributed by atoms with van der Waals surface area (Å²) < 4.78 is 27.4. The van der Waals surface area contributed by atoms with E-state index in [1.807, 2.05) is 0 Å². The van der Waals surface area contributed by atoms with Crippen LogP contribution in [0.3, 0.4) is 0 Å². The van der Waals surface area contributed by atoms with Gasteiger partial charge in [-0.1, -0.05) is 15.9 Å². The molecule has 2 aromatic rings. The van der Waals surface area contributed by atoms with Crippen molar-refractivity contribution >= 4 is 46.8 Å². The van der Waals surface area contributed by atoms with E-state index in [0.29, 0.717) is 22.3 Å². The summed E-state index contributed by atoms with van der Waals surface area (Å²) in [6.45, 7) is 0. The molecule has 0 amide bonds. The average Bonchev–Trinajstić information content (AvgIpc) is 2.57. The van der Waals surface area contributed by atoms with Gasteiger partial charge in [0.25, 0.3) is 9.05 Å². The van der Waals surface area contributed by atoms with Gasteiger partial charge in [0.05, 0.1) is 10.2 Å². The summed E-state index contributed by atoms with van der Waals surface area (Å²) in [5, 5.41) is 0.477. The highest BCUT2D eigenvalue weighted by atomic mass is 79.9. The Morgan fingerprint density at radius 3 is 2.80 bits per heavy atom. The zero-order valence-electron chi connectivity index (χ0n) is 7.28. The molecule has 80 valence electrons. The Balaban J connectivity index is 2.66. The fourth-order valence-corrected chi connectivity index (χ4v) is 2.17. The second-order valence-corrected chi connectivity index (χ2v) is 5.94. The Morgan fingerprint density at radius 1 is 1.47 bits per heavy atom. The molecule has 7 heteroatoms. The highest BCUT2D eigenvalue weighted by Crippen LogP contribution is 2.22. The van der Waals surface area contributed by atoms with Crippen LogP contribution in [0.25, 0.3) is 11.1 Å². The molecule has 0 saturated heterocycles. The number of hydrogen-bond donors (Lipinski definition) is 0. The molecule has 4 nitrogen and oxygen atoms in total. The van der Waals surface area contributed by atoms with E-state index in [9.17, 15) is 8.42 Å². The van der Waals surface area contributed by atoms with Crippen LogP contribution in [-0.2, 0) is 14.4 Å². The molecule has 15 heavy (non-hydrogen) atoms. The normalized spacial score (nSPS) is 12.1. The first-order valence-corrected chi connectivity index (χ1v) is 7.34. The molecule has 2 rings (SSSR count). The molecule has 0 aliphatic carbocycles. The molecule has 0 aliphatic heterocycles. The third kappa shape index (κ3) is 2.16. The molecule has 0 atom stereocenters. The lowest BCUT2D eigenvalue weighted by atomic mass is 10.3. The summed E-state index contributed by atoms with van der Waals surface area (Å²) in [5.41, 5.74) is 1.01. The van der Waals surface area contributed by atoms with Crippen molar-refractivity contribution < 1.29 is 12.8 Å². The zero-order chi connectivity index (χ0) is 11.1. The number of alkyl halides is 1. The molecule has 1 aromatic heterocycles. The smallest absolute Gasteiger partial charge is 0.261 e. The number of oxazole rings is 1. The number of nitrogens with zero attached hydrogens (tertiary/aromatic N) is 1. The van der Waals surface area contributed by atoms with E-state index in [0.717, 1.165) is 0 Å². The van der Waals surface area contributed by atoms with Crippen LogP contribution in [0.15, 0.2) is 27.5 Å². The Kier molecular flexibility index (Phi) is 2.74. The molecule has 0 saturated carbocycles. The van der Waals surface area contributed by atoms with Gasteiger partial charge < -0.3 is 4.42 Å². The summed E-state index contributed by atoms with van der Waals surface area (Å²) in [6, 6.07) is 4.30. The number of fused-ring (bicyclic) bond motifs is 1. The molecule has 1 heterocycles. The maximum Gasteiger partial charge on any atom is 0.261 e. The van der Waals surface area contributed by atoms with Gasteiger partial charge in [0.1, 0.15) is 5.52 Å². The first-order chi connectivity index (χ1) is 7.00. The van der Waals surface area contributed by atoms with Crippen molar-refractivity contribution in [3.8, 4) is 0 Å². The SMILES string of the molecule is O=S(=O)(Cl)c1ccc2oc(CBr)nc2c1. The standard InChI is InChI=1S/C8H5BrClNO3S/c9-4-8-11-6-3-5(15(10,12)13)1-2-7(6)14-8/h1-3H,4H2. The van der Waals surface area contributed by atoms with Crippen molar-refractivity contribution in [3.05, 3.63) is 24.1 Å². The number of halogens is 2. The molecule has 0 unspecified atom stereocenters.